The summed E-state index contributed by atoms with van der Waals surface area (Å²) in [6.07, 6.45) is -0.345. The smallest absolute Gasteiger partial charge is 0.192 e. The number of nitriles is 1. The van der Waals surface area contributed by atoms with Gasteiger partial charge in [0.1, 0.15) is 0 Å². The first-order valence-corrected chi connectivity index (χ1v) is 5.31. The monoisotopic (exact) mass is 248 g/mol. The first-order chi connectivity index (χ1) is 8.50. The van der Waals surface area contributed by atoms with E-state index in [9.17, 15) is 13.2 Å². The fraction of sp³-hybridized carbons (Fsp3) is 0.143. The van der Waals surface area contributed by atoms with Crippen molar-refractivity contribution in [2.45, 2.75) is 12.6 Å². The van der Waals surface area contributed by atoms with Crippen molar-refractivity contribution in [1.29, 1.82) is 5.26 Å². The Bertz CT molecular complexity index is 547. The molecule has 0 unspecified atom stereocenters. The summed E-state index contributed by atoms with van der Waals surface area (Å²) in [7, 11) is 0. The maximum Gasteiger partial charge on any atom is 0.412 e. The average molecular weight is 248 g/mol. The lowest BCUT2D eigenvalue weighted by Gasteiger charge is -2.20. The second-order valence-electron chi connectivity index (χ2n) is 3.94. The highest BCUT2D eigenvalue weighted by atomic mass is 19.4. The zero-order valence-electron chi connectivity index (χ0n) is 9.33. The second-order valence-corrected chi connectivity index (χ2v) is 3.94. The minimum Gasteiger partial charge on any atom is -0.192 e. The van der Waals surface area contributed by atoms with E-state index >= 15 is 0 Å². The minimum atomic E-state index is -4.30. The molecule has 0 bridgehead atoms. The highest BCUT2D eigenvalue weighted by molar-refractivity contribution is 5.47. The third-order valence-electron chi connectivity index (χ3n) is 2.70. The Labute approximate surface area is 103 Å². The standard InChI is InChI=1S/C14H9F3N/c15-14(16,17)13-6-2-5-12(8-13)11-4-1-3-10(7-11)9-18/h1-7H,8H2. The van der Waals surface area contributed by atoms with Crippen molar-refractivity contribution in [2.75, 3.05) is 0 Å². The zero-order chi connectivity index (χ0) is 13.2. The molecule has 0 amide bonds. The Hall–Kier alpha value is -2.02. The van der Waals surface area contributed by atoms with E-state index in [-0.39, 0.29) is 6.42 Å². The molecule has 91 valence electrons. The van der Waals surface area contributed by atoms with Crippen LogP contribution in [0.1, 0.15) is 17.5 Å². The van der Waals surface area contributed by atoms with Crippen LogP contribution >= 0.6 is 0 Å². The minimum absolute atomic E-state index is 0.158. The SMILES string of the molecule is N#Cc1cccc([C]2C=CC=C(C(F)(F)F)C2)c1. The van der Waals surface area contributed by atoms with Gasteiger partial charge in [0.2, 0.25) is 0 Å². The van der Waals surface area contributed by atoms with Crippen molar-refractivity contribution in [2.24, 2.45) is 0 Å². The maximum absolute atomic E-state index is 12.6. The van der Waals surface area contributed by atoms with E-state index in [1.807, 2.05) is 6.07 Å². The van der Waals surface area contributed by atoms with Crippen LogP contribution < -0.4 is 0 Å². The third-order valence-corrected chi connectivity index (χ3v) is 2.70. The number of rotatable bonds is 1. The van der Waals surface area contributed by atoms with Crippen LogP contribution in [-0.4, -0.2) is 6.18 Å². The van der Waals surface area contributed by atoms with E-state index in [1.165, 1.54) is 6.08 Å². The van der Waals surface area contributed by atoms with Crippen LogP contribution in [-0.2, 0) is 0 Å². The predicted molar refractivity (Wildman–Crippen MR) is 61.4 cm³/mol. The summed E-state index contributed by atoms with van der Waals surface area (Å²) in [5.41, 5.74) is 0.527. The summed E-state index contributed by atoms with van der Waals surface area (Å²) >= 11 is 0. The molecule has 0 fully saturated rings. The largest absolute Gasteiger partial charge is 0.412 e. The topological polar surface area (TPSA) is 23.8 Å². The van der Waals surface area contributed by atoms with Crippen molar-refractivity contribution in [3.63, 3.8) is 0 Å². The van der Waals surface area contributed by atoms with E-state index in [4.69, 9.17) is 5.26 Å². The van der Waals surface area contributed by atoms with Crippen LogP contribution in [0.4, 0.5) is 13.2 Å². The molecule has 2 rings (SSSR count). The molecule has 0 spiro atoms. The number of allylic oxidation sites excluding steroid dienone is 4. The maximum atomic E-state index is 12.6. The van der Waals surface area contributed by atoms with Gasteiger partial charge >= 0.3 is 6.18 Å². The normalized spacial score (nSPS) is 16.2. The molecule has 0 aromatic heterocycles. The van der Waals surface area contributed by atoms with Crippen molar-refractivity contribution in [3.8, 4) is 6.07 Å². The average Bonchev–Trinajstić information content (AvgIpc) is 2.38. The number of hydrogen-bond acceptors (Lipinski definition) is 1. The van der Waals surface area contributed by atoms with Gasteiger partial charge in [-0.3, -0.25) is 0 Å². The van der Waals surface area contributed by atoms with Gasteiger partial charge in [0, 0.05) is 11.5 Å². The lowest BCUT2D eigenvalue weighted by molar-refractivity contribution is -0.0935. The van der Waals surface area contributed by atoms with Gasteiger partial charge in [-0.1, -0.05) is 30.4 Å². The van der Waals surface area contributed by atoms with Crippen LogP contribution in [0.3, 0.4) is 0 Å². The second kappa shape index (κ2) is 4.69. The Morgan fingerprint density at radius 2 is 2.00 bits per heavy atom. The Kier molecular flexibility index (Phi) is 3.24. The molecule has 1 radical (unpaired) electrons. The molecule has 0 saturated heterocycles. The molecule has 1 aromatic rings. The lowest BCUT2D eigenvalue weighted by atomic mass is 9.87. The van der Waals surface area contributed by atoms with Gasteiger partial charge in [0.25, 0.3) is 0 Å². The molecule has 0 saturated carbocycles. The zero-order valence-corrected chi connectivity index (χ0v) is 9.33. The summed E-state index contributed by atoms with van der Waals surface area (Å²) in [6, 6.07) is 8.57. The van der Waals surface area contributed by atoms with E-state index in [1.54, 1.807) is 30.3 Å². The van der Waals surface area contributed by atoms with Gasteiger partial charge in [0.05, 0.1) is 11.6 Å². The molecular formula is C14H9F3N. The van der Waals surface area contributed by atoms with E-state index < -0.39 is 11.7 Å². The fourth-order valence-corrected chi connectivity index (χ4v) is 1.78. The van der Waals surface area contributed by atoms with Crippen LogP contribution in [0.2, 0.25) is 0 Å². The molecule has 1 aromatic carbocycles. The van der Waals surface area contributed by atoms with E-state index in [0.717, 1.165) is 6.08 Å². The van der Waals surface area contributed by atoms with Crippen LogP contribution in [0, 0.1) is 17.2 Å². The molecule has 1 nitrogen and oxygen atoms in total. The quantitative estimate of drug-likeness (QED) is 0.738. The molecule has 1 aliphatic rings. The first kappa shape index (κ1) is 12.4. The number of benzene rings is 1. The summed E-state index contributed by atoms with van der Waals surface area (Å²) in [4.78, 5) is 0. The molecule has 0 N–H and O–H groups in total. The molecule has 4 heteroatoms. The summed E-state index contributed by atoms with van der Waals surface area (Å²) < 4.78 is 37.8. The number of hydrogen-bond donors (Lipinski definition) is 0. The molecule has 0 atom stereocenters. The molecular weight excluding hydrogens is 239 g/mol. The Balaban J connectivity index is 2.25. The third kappa shape index (κ3) is 2.62. The highest BCUT2D eigenvalue weighted by Gasteiger charge is 2.35. The van der Waals surface area contributed by atoms with Crippen molar-refractivity contribution in [1.82, 2.24) is 0 Å². The summed E-state index contributed by atoms with van der Waals surface area (Å²) in [5, 5.41) is 8.77. The van der Waals surface area contributed by atoms with Crippen molar-refractivity contribution < 1.29 is 13.2 Å². The van der Waals surface area contributed by atoms with Crippen LogP contribution in [0.5, 0.6) is 0 Å². The molecule has 1 aliphatic carbocycles. The number of nitrogens with zero attached hydrogens (tertiary/aromatic N) is 1. The van der Waals surface area contributed by atoms with Crippen molar-refractivity contribution >= 4 is 0 Å². The predicted octanol–water partition coefficient (Wildman–Crippen LogP) is 3.93. The van der Waals surface area contributed by atoms with Gasteiger partial charge in [-0.25, -0.2) is 0 Å². The molecule has 18 heavy (non-hydrogen) atoms. The van der Waals surface area contributed by atoms with E-state index in [0.29, 0.717) is 17.0 Å². The van der Waals surface area contributed by atoms with Gasteiger partial charge in [-0.15, -0.1) is 0 Å². The number of alkyl halides is 3. The van der Waals surface area contributed by atoms with Crippen LogP contribution in [0.25, 0.3) is 0 Å². The number of halogens is 3. The first-order valence-electron chi connectivity index (χ1n) is 5.31. The Morgan fingerprint density at radius 1 is 1.22 bits per heavy atom. The lowest BCUT2D eigenvalue weighted by Crippen LogP contribution is -2.16. The molecule has 0 aliphatic heterocycles. The van der Waals surface area contributed by atoms with Gasteiger partial charge in [0.15, 0.2) is 0 Å². The fourth-order valence-electron chi connectivity index (χ4n) is 1.78. The van der Waals surface area contributed by atoms with Gasteiger partial charge in [-0.05, 0) is 24.1 Å². The van der Waals surface area contributed by atoms with Gasteiger partial charge in [-0.2, -0.15) is 18.4 Å². The summed E-state index contributed by atoms with van der Waals surface area (Å²) in [5.74, 6) is 0.571. The highest BCUT2D eigenvalue weighted by Crippen LogP contribution is 2.36. The van der Waals surface area contributed by atoms with E-state index in [2.05, 4.69) is 0 Å². The summed E-state index contributed by atoms with van der Waals surface area (Å²) in [6.45, 7) is 0. The molecule has 0 heterocycles. The van der Waals surface area contributed by atoms with Crippen LogP contribution in [0.15, 0.2) is 48.1 Å². The van der Waals surface area contributed by atoms with Gasteiger partial charge < -0.3 is 0 Å². The van der Waals surface area contributed by atoms with Crippen molar-refractivity contribution in [3.05, 3.63) is 65.1 Å². The Morgan fingerprint density at radius 3 is 2.67 bits per heavy atom.